The molecule has 1 saturated carbocycles. The van der Waals surface area contributed by atoms with Crippen LogP contribution >= 0.6 is 11.6 Å². The van der Waals surface area contributed by atoms with Crippen molar-refractivity contribution in [3.8, 4) is 17.2 Å². The molecule has 0 saturated heterocycles. The number of aliphatic carboxylic acids is 1. The molecule has 1 aliphatic carbocycles. The van der Waals surface area contributed by atoms with Crippen molar-refractivity contribution in [2.45, 2.75) is 77.9 Å². The first-order chi connectivity index (χ1) is 26.4. The summed E-state index contributed by atoms with van der Waals surface area (Å²) in [6.07, 6.45) is 6.02. The number of carbonyl (C=O) groups is 3. The molecule has 0 unspecified atom stereocenters. The predicted octanol–water partition coefficient (Wildman–Crippen LogP) is 6.26. The molecule has 3 N–H and O–H groups in total. The molecule has 4 aromatic rings. The zero-order valence-electron chi connectivity index (χ0n) is 31.9. The molecule has 0 bridgehead atoms. The highest BCUT2D eigenvalue weighted by Gasteiger charge is 2.30. The molecular weight excluding hydrogens is 718 g/mol. The molecule has 1 fully saturated rings. The SMILES string of the molecule is CC(C)N1CCc2c(nc(C(=O)Nc3cccc(-c4cccc(NC(=O)c5nc6c(n5C)CCN(CC[C@H]5CC[C@H](C(=O)O)CC5)C6)c4C#N)c3Cl)n2C)C1. The van der Waals surface area contributed by atoms with Gasteiger partial charge in [-0.05, 0) is 70.5 Å². The number of amides is 2. The van der Waals surface area contributed by atoms with Gasteiger partial charge in [0.15, 0.2) is 11.6 Å². The van der Waals surface area contributed by atoms with Crippen LogP contribution in [0, 0.1) is 23.2 Å². The van der Waals surface area contributed by atoms with Crippen LogP contribution in [0.4, 0.5) is 11.4 Å². The van der Waals surface area contributed by atoms with Gasteiger partial charge in [-0.3, -0.25) is 24.2 Å². The summed E-state index contributed by atoms with van der Waals surface area (Å²) in [6, 6.07) is 13.1. The Morgan fingerprint density at radius 2 is 1.45 bits per heavy atom. The smallest absolute Gasteiger partial charge is 0.306 e. The van der Waals surface area contributed by atoms with E-state index in [1.807, 2.05) is 23.2 Å². The van der Waals surface area contributed by atoms with Crippen LogP contribution in [0.15, 0.2) is 36.4 Å². The normalized spacial score (nSPS) is 18.7. The van der Waals surface area contributed by atoms with E-state index in [0.717, 1.165) is 87.4 Å². The van der Waals surface area contributed by atoms with Gasteiger partial charge in [-0.15, -0.1) is 0 Å². The average Bonchev–Trinajstić information content (AvgIpc) is 3.70. The molecule has 0 radical (unpaired) electrons. The van der Waals surface area contributed by atoms with Crippen LogP contribution in [0.25, 0.3) is 11.1 Å². The number of rotatable bonds is 10. The van der Waals surface area contributed by atoms with E-state index in [1.54, 1.807) is 36.4 Å². The minimum atomic E-state index is -0.677. The van der Waals surface area contributed by atoms with E-state index in [4.69, 9.17) is 21.6 Å². The number of anilines is 2. The lowest BCUT2D eigenvalue weighted by atomic mass is 9.80. The second-order valence-electron chi connectivity index (χ2n) is 15.4. The number of hydrogen-bond acceptors (Lipinski definition) is 8. The number of benzene rings is 2. The highest BCUT2D eigenvalue weighted by atomic mass is 35.5. The molecule has 14 heteroatoms. The summed E-state index contributed by atoms with van der Waals surface area (Å²) in [6.45, 7) is 8.32. The molecule has 13 nitrogen and oxygen atoms in total. The van der Waals surface area contributed by atoms with Gasteiger partial charge in [0.2, 0.25) is 0 Å². The lowest BCUT2D eigenvalue weighted by Crippen LogP contribution is -2.36. The van der Waals surface area contributed by atoms with Gasteiger partial charge in [0, 0.05) is 81.7 Å². The van der Waals surface area contributed by atoms with Crippen LogP contribution in [0.1, 0.15) is 95.5 Å². The number of carboxylic acids is 1. The zero-order chi connectivity index (χ0) is 39.0. The van der Waals surface area contributed by atoms with Crippen LogP contribution in [-0.4, -0.2) is 77.5 Å². The maximum absolute atomic E-state index is 13.7. The number of nitriles is 1. The van der Waals surface area contributed by atoms with Crippen LogP contribution < -0.4 is 10.6 Å². The number of imidazole rings is 2. The molecule has 2 aromatic heterocycles. The van der Waals surface area contributed by atoms with Crippen molar-refractivity contribution in [3.63, 3.8) is 0 Å². The summed E-state index contributed by atoms with van der Waals surface area (Å²) in [5.41, 5.74) is 5.82. The van der Waals surface area contributed by atoms with Crippen molar-refractivity contribution >= 4 is 40.8 Å². The van der Waals surface area contributed by atoms with Crippen molar-refractivity contribution in [3.05, 3.63) is 81.4 Å². The Morgan fingerprint density at radius 3 is 2.07 bits per heavy atom. The second-order valence-corrected chi connectivity index (χ2v) is 15.8. The molecular formula is C41H48ClN9O4. The quantitative estimate of drug-likeness (QED) is 0.169. The summed E-state index contributed by atoms with van der Waals surface area (Å²) in [4.78, 5) is 52.8. The maximum atomic E-state index is 13.7. The fourth-order valence-corrected chi connectivity index (χ4v) is 8.70. The van der Waals surface area contributed by atoms with Crippen LogP contribution in [0.2, 0.25) is 5.02 Å². The largest absolute Gasteiger partial charge is 0.481 e. The fourth-order valence-electron chi connectivity index (χ4n) is 8.43. The highest BCUT2D eigenvalue weighted by Crippen LogP contribution is 2.38. The average molecular weight is 766 g/mol. The number of fused-ring (bicyclic) bond motifs is 2. The zero-order valence-corrected chi connectivity index (χ0v) is 32.6. The Balaban J connectivity index is 1.04. The summed E-state index contributed by atoms with van der Waals surface area (Å²) >= 11 is 6.94. The van der Waals surface area contributed by atoms with E-state index in [-0.39, 0.29) is 28.2 Å². The third kappa shape index (κ3) is 7.76. The third-order valence-corrected chi connectivity index (χ3v) is 12.2. The van der Waals surface area contributed by atoms with Gasteiger partial charge in [-0.25, -0.2) is 9.97 Å². The molecule has 0 spiro atoms. The second kappa shape index (κ2) is 16.0. The van der Waals surface area contributed by atoms with Gasteiger partial charge in [0.05, 0.1) is 39.3 Å². The van der Waals surface area contributed by atoms with E-state index >= 15 is 0 Å². The lowest BCUT2D eigenvalue weighted by Gasteiger charge is -2.30. The number of carbonyl (C=O) groups excluding carboxylic acids is 2. The Kier molecular flexibility index (Phi) is 11.1. The van der Waals surface area contributed by atoms with Gasteiger partial charge >= 0.3 is 5.97 Å². The van der Waals surface area contributed by atoms with Crippen LogP contribution in [-0.2, 0) is 44.8 Å². The first kappa shape index (κ1) is 38.3. The van der Waals surface area contributed by atoms with E-state index in [2.05, 4.69) is 40.4 Å². The standard InChI is InChI=1S/C41H48ClN9O4/c1-24(2)51-20-17-35-33(23-51)45-38(49(35)4)40(53)47-31-10-6-8-28(36(31)42)27-7-5-9-30(29(27)21-43)46-39(52)37-44-32-22-50(19-16-34(32)48(37)3)18-15-25-11-13-26(14-12-25)41(54)55/h5-10,24-26H,11-20,22-23H2,1-4H3,(H,46,52)(H,47,53)(H,54,55)/t25-,26-. The Bertz CT molecular complexity index is 2180. The first-order valence-electron chi connectivity index (χ1n) is 19.2. The van der Waals surface area contributed by atoms with Gasteiger partial charge < -0.3 is 24.9 Å². The number of aromatic nitrogens is 4. The van der Waals surface area contributed by atoms with Crippen molar-refractivity contribution in [2.75, 3.05) is 30.3 Å². The minimum Gasteiger partial charge on any atom is -0.481 e. The van der Waals surface area contributed by atoms with Crippen molar-refractivity contribution < 1.29 is 19.5 Å². The number of halogens is 1. The first-order valence-corrected chi connectivity index (χ1v) is 19.5. The van der Waals surface area contributed by atoms with E-state index < -0.39 is 11.9 Å². The molecule has 2 aliphatic heterocycles. The summed E-state index contributed by atoms with van der Waals surface area (Å²) in [7, 11) is 3.71. The highest BCUT2D eigenvalue weighted by molar-refractivity contribution is 6.36. The number of nitrogens with zero attached hydrogens (tertiary/aromatic N) is 7. The lowest BCUT2D eigenvalue weighted by molar-refractivity contribution is -0.143. The van der Waals surface area contributed by atoms with Crippen molar-refractivity contribution in [1.82, 2.24) is 28.9 Å². The predicted molar refractivity (Wildman–Crippen MR) is 210 cm³/mol. The number of carboxylic acid groups (broad SMARTS) is 1. The summed E-state index contributed by atoms with van der Waals surface area (Å²) < 4.78 is 3.69. The van der Waals surface area contributed by atoms with Gasteiger partial charge in [0.1, 0.15) is 6.07 Å². The van der Waals surface area contributed by atoms with Crippen LogP contribution in [0.3, 0.4) is 0 Å². The minimum absolute atomic E-state index is 0.206. The molecule has 2 aromatic carbocycles. The van der Waals surface area contributed by atoms with Gasteiger partial charge in [-0.1, -0.05) is 35.9 Å². The van der Waals surface area contributed by atoms with Gasteiger partial charge in [0.25, 0.3) is 11.8 Å². The van der Waals surface area contributed by atoms with E-state index in [9.17, 15) is 24.8 Å². The molecule has 55 heavy (non-hydrogen) atoms. The fraction of sp³-hybridized carbons (Fsp3) is 0.463. The topological polar surface area (TPSA) is 161 Å². The molecule has 288 valence electrons. The van der Waals surface area contributed by atoms with Crippen molar-refractivity contribution in [2.24, 2.45) is 25.9 Å². The Hall–Kier alpha value is -5.03. The molecule has 7 rings (SSSR count). The molecule has 0 atom stereocenters. The number of hydrogen-bond donors (Lipinski definition) is 3. The molecule has 4 heterocycles. The maximum Gasteiger partial charge on any atom is 0.306 e. The Labute approximate surface area is 326 Å². The third-order valence-electron chi connectivity index (χ3n) is 11.8. The summed E-state index contributed by atoms with van der Waals surface area (Å²) in [5, 5.41) is 25.8. The van der Waals surface area contributed by atoms with Crippen molar-refractivity contribution in [1.29, 1.82) is 5.26 Å². The van der Waals surface area contributed by atoms with E-state index in [0.29, 0.717) is 53.4 Å². The Morgan fingerprint density at radius 1 is 0.873 bits per heavy atom. The summed E-state index contributed by atoms with van der Waals surface area (Å²) in [5.74, 6) is -0.575. The van der Waals surface area contributed by atoms with Gasteiger partial charge in [-0.2, -0.15) is 5.26 Å². The van der Waals surface area contributed by atoms with E-state index in [1.165, 1.54) is 0 Å². The van der Waals surface area contributed by atoms with Crippen LogP contribution in [0.5, 0.6) is 0 Å². The monoisotopic (exact) mass is 765 g/mol. The molecule has 3 aliphatic rings. The number of nitrogens with one attached hydrogen (secondary N) is 2. The molecule has 2 amide bonds.